The van der Waals surface area contributed by atoms with Gasteiger partial charge in [0.15, 0.2) is 0 Å². The van der Waals surface area contributed by atoms with E-state index in [4.69, 9.17) is 10.7 Å². The maximum Gasteiger partial charge on any atom is 0.215 e. The molecular weight excluding hydrogens is 386 g/mol. The first-order valence-electron chi connectivity index (χ1n) is 10.8. The molecule has 6 heteroatoms. The van der Waals surface area contributed by atoms with E-state index in [1.165, 1.54) is 0 Å². The Morgan fingerprint density at radius 1 is 1.16 bits per heavy atom. The molecule has 1 atom stereocenters. The van der Waals surface area contributed by atoms with Crippen LogP contribution in [0.5, 0.6) is 0 Å². The number of anilines is 2. The molecule has 1 aromatic carbocycles. The molecule has 0 radical (unpaired) electrons. The van der Waals surface area contributed by atoms with Gasteiger partial charge in [-0.3, -0.25) is 4.79 Å². The predicted octanol–water partition coefficient (Wildman–Crippen LogP) is 3.78. The molecule has 1 saturated heterocycles. The van der Waals surface area contributed by atoms with Crippen LogP contribution in [-0.4, -0.2) is 41.4 Å². The molecule has 1 fully saturated rings. The number of nitrogen functional groups attached to an aromatic ring is 1. The van der Waals surface area contributed by atoms with Gasteiger partial charge in [0, 0.05) is 37.4 Å². The molecule has 6 nitrogen and oxygen atoms in total. The average molecular weight is 416 g/mol. The Morgan fingerprint density at radius 3 is 2.74 bits per heavy atom. The van der Waals surface area contributed by atoms with Crippen molar-refractivity contribution in [3.8, 4) is 11.1 Å². The van der Waals surface area contributed by atoms with Crippen LogP contribution in [0.2, 0.25) is 0 Å². The number of hydrogen-bond acceptors (Lipinski definition) is 6. The van der Waals surface area contributed by atoms with Gasteiger partial charge < -0.3 is 16.0 Å². The summed E-state index contributed by atoms with van der Waals surface area (Å²) in [5.41, 5.74) is 8.68. The van der Waals surface area contributed by atoms with Crippen molar-refractivity contribution in [2.75, 3.05) is 30.3 Å². The third kappa shape index (κ3) is 4.91. The number of nitrogens with two attached hydrogens (primary N) is 1. The van der Waals surface area contributed by atoms with Crippen molar-refractivity contribution < 1.29 is 4.79 Å². The smallest absolute Gasteiger partial charge is 0.215 e. The Hall–Kier alpha value is -3.25. The fraction of sp³-hybridized carbons (Fsp3) is 0.320. The minimum atomic E-state index is -0.210. The van der Waals surface area contributed by atoms with Crippen LogP contribution in [0.25, 0.3) is 11.1 Å². The lowest BCUT2D eigenvalue weighted by molar-refractivity contribution is 0.103. The standard InChI is InChI=1S/C25H29N5O/c1-17(2)13-20-16-30(12-11-27-20)23-10-6-9-22(29-23)24(31)21-14-19(15-28-25(21)26)18-7-4-3-5-8-18/h3-10,14-15,17,20,27H,11-13,16H2,1-2H3,(H2,26,28)/t20-/m0/s1. The largest absolute Gasteiger partial charge is 0.383 e. The zero-order chi connectivity index (χ0) is 21.8. The first kappa shape index (κ1) is 21.0. The van der Waals surface area contributed by atoms with Gasteiger partial charge >= 0.3 is 0 Å². The highest BCUT2D eigenvalue weighted by Gasteiger charge is 2.22. The second kappa shape index (κ2) is 9.27. The van der Waals surface area contributed by atoms with Crippen molar-refractivity contribution in [2.45, 2.75) is 26.3 Å². The number of carbonyl (C=O) groups is 1. The summed E-state index contributed by atoms with van der Waals surface area (Å²) in [6.07, 6.45) is 2.81. The van der Waals surface area contributed by atoms with E-state index in [-0.39, 0.29) is 11.6 Å². The lowest BCUT2D eigenvalue weighted by atomic mass is 10.0. The zero-order valence-electron chi connectivity index (χ0n) is 18.1. The Bertz CT molecular complexity index is 1050. The molecule has 3 heterocycles. The number of aromatic nitrogens is 2. The molecule has 0 aliphatic carbocycles. The summed E-state index contributed by atoms with van der Waals surface area (Å²) in [5, 5.41) is 3.58. The van der Waals surface area contributed by atoms with Gasteiger partial charge in [-0.25, -0.2) is 9.97 Å². The second-order valence-corrected chi connectivity index (χ2v) is 8.46. The quantitative estimate of drug-likeness (QED) is 0.596. The first-order chi connectivity index (χ1) is 15.0. The van der Waals surface area contributed by atoms with Crippen molar-refractivity contribution in [2.24, 2.45) is 5.92 Å². The van der Waals surface area contributed by atoms with Gasteiger partial charge in [0.25, 0.3) is 0 Å². The Kier molecular flexibility index (Phi) is 6.28. The predicted molar refractivity (Wildman–Crippen MR) is 125 cm³/mol. The lowest BCUT2D eigenvalue weighted by Gasteiger charge is -2.35. The number of nitrogens with one attached hydrogen (secondary N) is 1. The van der Waals surface area contributed by atoms with Crippen LogP contribution >= 0.6 is 0 Å². The SMILES string of the molecule is CC(C)C[C@H]1CN(c2cccc(C(=O)c3cc(-c4ccccc4)cnc3N)n2)CCN1. The lowest BCUT2D eigenvalue weighted by Crippen LogP contribution is -2.51. The molecule has 1 aliphatic rings. The summed E-state index contributed by atoms with van der Waals surface area (Å²) in [5.74, 6) is 1.46. The van der Waals surface area contributed by atoms with Crippen LogP contribution in [0.1, 0.15) is 36.3 Å². The van der Waals surface area contributed by atoms with Gasteiger partial charge in [0.05, 0.1) is 5.56 Å². The summed E-state index contributed by atoms with van der Waals surface area (Å²) < 4.78 is 0. The number of carbonyl (C=O) groups excluding carboxylic acids is 1. The molecule has 3 N–H and O–H groups in total. The van der Waals surface area contributed by atoms with Crippen LogP contribution in [0.3, 0.4) is 0 Å². The number of nitrogens with zero attached hydrogens (tertiary/aromatic N) is 3. The van der Waals surface area contributed by atoms with Gasteiger partial charge in [0.2, 0.25) is 5.78 Å². The zero-order valence-corrected chi connectivity index (χ0v) is 18.1. The van der Waals surface area contributed by atoms with Crippen molar-refractivity contribution in [3.63, 3.8) is 0 Å². The molecule has 3 aromatic rings. The van der Waals surface area contributed by atoms with Gasteiger partial charge in [-0.05, 0) is 36.1 Å². The van der Waals surface area contributed by atoms with E-state index in [9.17, 15) is 4.79 Å². The van der Waals surface area contributed by atoms with Gasteiger partial charge in [-0.15, -0.1) is 0 Å². The maximum absolute atomic E-state index is 13.3. The Morgan fingerprint density at radius 2 is 1.97 bits per heavy atom. The van der Waals surface area contributed by atoms with Crippen LogP contribution < -0.4 is 16.0 Å². The topological polar surface area (TPSA) is 84.1 Å². The molecule has 0 amide bonds. The molecule has 0 spiro atoms. The monoisotopic (exact) mass is 415 g/mol. The van der Waals surface area contributed by atoms with Crippen molar-refractivity contribution in [1.29, 1.82) is 0 Å². The van der Waals surface area contributed by atoms with Gasteiger partial charge in [-0.2, -0.15) is 0 Å². The van der Waals surface area contributed by atoms with E-state index in [0.29, 0.717) is 23.2 Å². The van der Waals surface area contributed by atoms with Crippen LogP contribution in [0.15, 0.2) is 60.8 Å². The first-order valence-corrected chi connectivity index (χ1v) is 10.8. The van der Waals surface area contributed by atoms with E-state index in [1.54, 1.807) is 18.3 Å². The van der Waals surface area contributed by atoms with E-state index >= 15 is 0 Å². The third-order valence-electron chi connectivity index (χ3n) is 5.57. The van der Waals surface area contributed by atoms with Crippen LogP contribution in [0.4, 0.5) is 11.6 Å². The minimum absolute atomic E-state index is 0.210. The van der Waals surface area contributed by atoms with Gasteiger partial charge in [0.1, 0.15) is 17.3 Å². The minimum Gasteiger partial charge on any atom is -0.383 e. The van der Waals surface area contributed by atoms with Crippen LogP contribution in [-0.2, 0) is 0 Å². The maximum atomic E-state index is 13.3. The number of ketones is 1. The highest BCUT2D eigenvalue weighted by Crippen LogP contribution is 2.24. The molecule has 0 saturated carbocycles. The normalized spacial score (nSPS) is 16.5. The summed E-state index contributed by atoms with van der Waals surface area (Å²) in [6, 6.07) is 17.7. The van der Waals surface area contributed by atoms with Crippen LogP contribution in [0, 0.1) is 5.92 Å². The number of piperazine rings is 1. The van der Waals surface area contributed by atoms with E-state index in [0.717, 1.165) is 43.0 Å². The third-order valence-corrected chi connectivity index (χ3v) is 5.57. The summed E-state index contributed by atoms with van der Waals surface area (Å²) in [7, 11) is 0. The van der Waals surface area contributed by atoms with Crippen molar-refractivity contribution in [1.82, 2.24) is 15.3 Å². The molecule has 1 aliphatic heterocycles. The summed E-state index contributed by atoms with van der Waals surface area (Å²) >= 11 is 0. The molecule has 2 aromatic heterocycles. The van der Waals surface area contributed by atoms with E-state index in [1.807, 2.05) is 42.5 Å². The van der Waals surface area contributed by atoms with Crippen molar-refractivity contribution >= 4 is 17.4 Å². The second-order valence-electron chi connectivity index (χ2n) is 8.46. The number of benzene rings is 1. The fourth-order valence-corrected chi connectivity index (χ4v) is 4.07. The molecule has 160 valence electrons. The number of pyridine rings is 2. The van der Waals surface area contributed by atoms with E-state index in [2.05, 4.69) is 29.0 Å². The van der Waals surface area contributed by atoms with Gasteiger partial charge in [-0.1, -0.05) is 50.2 Å². The summed E-state index contributed by atoms with van der Waals surface area (Å²) in [4.78, 5) is 24.5. The Labute approximate surface area is 183 Å². The van der Waals surface area contributed by atoms with Crippen molar-refractivity contribution in [3.05, 3.63) is 72.1 Å². The van der Waals surface area contributed by atoms with E-state index < -0.39 is 0 Å². The molecule has 0 bridgehead atoms. The average Bonchev–Trinajstić information content (AvgIpc) is 2.79. The highest BCUT2D eigenvalue weighted by molar-refractivity contribution is 6.11. The highest BCUT2D eigenvalue weighted by atomic mass is 16.1. The molecule has 4 rings (SSSR count). The molecule has 31 heavy (non-hydrogen) atoms. The Balaban J connectivity index is 1.59. The molecule has 0 unspecified atom stereocenters. The summed E-state index contributed by atoms with van der Waals surface area (Å²) in [6.45, 7) is 7.13. The fourth-order valence-electron chi connectivity index (χ4n) is 4.07. The molecular formula is C25H29N5O. The number of rotatable bonds is 6. The number of hydrogen-bond donors (Lipinski definition) is 2.